The van der Waals surface area contributed by atoms with Crippen LogP contribution in [0.3, 0.4) is 0 Å². The summed E-state index contributed by atoms with van der Waals surface area (Å²) >= 11 is 6.16. The lowest BCUT2D eigenvalue weighted by Crippen LogP contribution is -2.36. The van der Waals surface area contributed by atoms with Gasteiger partial charge < -0.3 is 4.57 Å². The topological polar surface area (TPSA) is 34.0 Å². The van der Waals surface area contributed by atoms with Crippen LogP contribution in [0.25, 0.3) is 11.2 Å². The van der Waals surface area contributed by atoms with Gasteiger partial charge in [0.25, 0.3) is 0 Å². The zero-order valence-corrected chi connectivity index (χ0v) is 14.4. The van der Waals surface area contributed by atoms with Crippen LogP contribution >= 0.6 is 11.6 Å². The van der Waals surface area contributed by atoms with Gasteiger partial charge in [-0.3, -0.25) is 4.90 Å². The van der Waals surface area contributed by atoms with Crippen molar-refractivity contribution < 1.29 is 0 Å². The monoisotopic (exact) mass is 340 g/mol. The molecular formula is C19H21ClN4. The van der Waals surface area contributed by atoms with E-state index in [2.05, 4.69) is 49.8 Å². The van der Waals surface area contributed by atoms with Crippen LogP contribution in [0.15, 0.2) is 48.7 Å². The quantitative estimate of drug-likeness (QED) is 0.673. The lowest BCUT2D eigenvalue weighted by Gasteiger charge is -2.34. The van der Waals surface area contributed by atoms with Gasteiger partial charge in [0.1, 0.15) is 11.3 Å². The number of imidazole rings is 1. The second-order valence-electron chi connectivity index (χ2n) is 6.39. The number of hydrogen-bond donors (Lipinski definition) is 0. The second kappa shape index (κ2) is 6.91. The first-order valence-corrected chi connectivity index (χ1v) is 9.02. The molecule has 3 heterocycles. The first-order chi connectivity index (χ1) is 11.8. The third kappa shape index (κ3) is 3.04. The first kappa shape index (κ1) is 15.6. The van der Waals surface area contributed by atoms with Crippen molar-refractivity contribution in [2.75, 3.05) is 13.1 Å². The van der Waals surface area contributed by atoms with Crippen molar-refractivity contribution >= 4 is 22.8 Å². The third-order valence-electron chi connectivity index (χ3n) is 4.74. The number of piperidine rings is 1. The Morgan fingerprint density at radius 1 is 1.12 bits per heavy atom. The van der Waals surface area contributed by atoms with E-state index in [9.17, 15) is 0 Å². The lowest BCUT2D eigenvalue weighted by molar-refractivity contribution is 0.170. The molecule has 0 spiro atoms. The van der Waals surface area contributed by atoms with Crippen molar-refractivity contribution in [1.29, 1.82) is 0 Å². The largest absolute Gasteiger partial charge is 0.307 e. The molecule has 5 heteroatoms. The molecule has 0 aliphatic carbocycles. The molecule has 1 aromatic carbocycles. The molecule has 0 N–H and O–H groups in total. The summed E-state index contributed by atoms with van der Waals surface area (Å²) in [6.07, 6.45) is 4.17. The molecule has 0 saturated carbocycles. The highest BCUT2D eigenvalue weighted by molar-refractivity contribution is 6.16. The average molecular weight is 341 g/mol. The summed E-state index contributed by atoms with van der Waals surface area (Å²) < 4.78 is 2.26. The minimum absolute atomic E-state index is 0.385. The highest BCUT2D eigenvalue weighted by atomic mass is 35.5. The maximum absolute atomic E-state index is 6.16. The Balaban J connectivity index is 1.60. The van der Waals surface area contributed by atoms with E-state index in [0.29, 0.717) is 11.9 Å². The van der Waals surface area contributed by atoms with E-state index in [4.69, 9.17) is 11.6 Å². The van der Waals surface area contributed by atoms with Crippen molar-refractivity contribution in [3.8, 4) is 0 Å². The molecule has 124 valence electrons. The predicted octanol–water partition coefficient (Wildman–Crippen LogP) is 4.01. The predicted molar refractivity (Wildman–Crippen MR) is 97.1 cm³/mol. The molecule has 2 aromatic heterocycles. The van der Waals surface area contributed by atoms with Gasteiger partial charge in [0.15, 0.2) is 5.65 Å². The molecule has 1 aliphatic heterocycles. The van der Waals surface area contributed by atoms with Crippen LogP contribution in [0, 0.1) is 0 Å². The molecule has 24 heavy (non-hydrogen) atoms. The minimum atomic E-state index is 0.385. The van der Waals surface area contributed by atoms with Crippen LogP contribution in [0.2, 0.25) is 0 Å². The Bertz CT molecular complexity index is 815. The van der Waals surface area contributed by atoms with Gasteiger partial charge in [-0.15, -0.1) is 11.6 Å². The molecule has 4 rings (SSSR count). The van der Waals surface area contributed by atoms with Crippen molar-refractivity contribution in [1.82, 2.24) is 19.4 Å². The van der Waals surface area contributed by atoms with Gasteiger partial charge in [-0.1, -0.05) is 30.3 Å². The smallest absolute Gasteiger partial charge is 0.160 e. The van der Waals surface area contributed by atoms with Gasteiger partial charge in [-0.05, 0) is 37.1 Å². The van der Waals surface area contributed by atoms with E-state index < -0.39 is 0 Å². The van der Waals surface area contributed by atoms with Gasteiger partial charge in [-0.2, -0.15) is 0 Å². The summed E-state index contributed by atoms with van der Waals surface area (Å²) in [6, 6.07) is 15.0. The Hall–Kier alpha value is -1.91. The number of halogens is 1. The number of benzene rings is 1. The zero-order valence-electron chi connectivity index (χ0n) is 13.6. The van der Waals surface area contributed by atoms with Crippen LogP contribution in [0.4, 0.5) is 0 Å². The Kier molecular flexibility index (Phi) is 4.50. The second-order valence-corrected chi connectivity index (χ2v) is 6.66. The number of likely N-dealkylation sites (tertiary alicyclic amines) is 1. The van der Waals surface area contributed by atoms with Crippen LogP contribution in [0.1, 0.15) is 30.3 Å². The standard InChI is InChI=1S/C19H21ClN4/c20-12-18-22-17-9-4-10-21-19(17)24(18)16-8-5-11-23(14-16)13-15-6-2-1-3-7-15/h1-4,6-7,9-10,16H,5,8,11-14H2/t16-/m0/s1. The molecular weight excluding hydrogens is 320 g/mol. The zero-order chi connectivity index (χ0) is 16.4. The maximum atomic E-state index is 6.16. The van der Waals surface area contributed by atoms with Crippen LogP contribution in [0.5, 0.6) is 0 Å². The van der Waals surface area contributed by atoms with Crippen molar-refractivity contribution in [3.05, 3.63) is 60.0 Å². The van der Waals surface area contributed by atoms with Gasteiger partial charge >= 0.3 is 0 Å². The Labute approximate surface area is 147 Å². The number of pyridine rings is 1. The highest BCUT2D eigenvalue weighted by Crippen LogP contribution is 2.28. The van der Waals surface area contributed by atoms with Crippen LogP contribution < -0.4 is 0 Å². The molecule has 1 fully saturated rings. The summed E-state index contributed by atoms with van der Waals surface area (Å²) in [4.78, 5) is 11.7. The molecule has 4 nitrogen and oxygen atoms in total. The summed E-state index contributed by atoms with van der Waals surface area (Å²) in [5.41, 5.74) is 3.26. The summed E-state index contributed by atoms with van der Waals surface area (Å²) in [7, 11) is 0. The van der Waals surface area contributed by atoms with E-state index in [-0.39, 0.29) is 0 Å². The Morgan fingerprint density at radius 2 is 2.00 bits per heavy atom. The summed E-state index contributed by atoms with van der Waals surface area (Å²) in [5, 5.41) is 0. The molecule has 1 aliphatic rings. The van der Waals surface area contributed by atoms with Gasteiger partial charge in [0, 0.05) is 25.3 Å². The van der Waals surface area contributed by atoms with Crippen molar-refractivity contribution in [3.63, 3.8) is 0 Å². The van der Waals surface area contributed by atoms with E-state index >= 15 is 0 Å². The molecule has 0 unspecified atom stereocenters. The lowest BCUT2D eigenvalue weighted by atomic mass is 10.0. The summed E-state index contributed by atoms with van der Waals surface area (Å²) in [6.45, 7) is 3.15. The molecule has 1 saturated heterocycles. The van der Waals surface area contributed by atoms with Crippen molar-refractivity contribution in [2.24, 2.45) is 0 Å². The van der Waals surface area contributed by atoms with Crippen LogP contribution in [-0.2, 0) is 12.4 Å². The van der Waals surface area contributed by atoms with E-state index in [1.807, 2.05) is 18.3 Å². The number of rotatable bonds is 4. The van der Waals surface area contributed by atoms with Crippen LogP contribution in [-0.4, -0.2) is 32.5 Å². The number of nitrogens with zero attached hydrogens (tertiary/aromatic N) is 4. The first-order valence-electron chi connectivity index (χ1n) is 8.49. The van der Waals surface area contributed by atoms with E-state index in [1.165, 1.54) is 12.0 Å². The third-order valence-corrected chi connectivity index (χ3v) is 4.98. The SMILES string of the molecule is ClCc1nc2cccnc2n1[C@H]1CCCN(Cc2ccccc2)C1. The maximum Gasteiger partial charge on any atom is 0.160 e. The number of alkyl halides is 1. The van der Waals surface area contributed by atoms with Gasteiger partial charge in [-0.25, -0.2) is 9.97 Å². The number of hydrogen-bond acceptors (Lipinski definition) is 3. The fraction of sp³-hybridized carbons (Fsp3) is 0.368. The van der Waals surface area contributed by atoms with E-state index in [1.54, 1.807) is 0 Å². The minimum Gasteiger partial charge on any atom is -0.307 e. The normalized spacial score (nSPS) is 19.0. The van der Waals surface area contributed by atoms with Crippen molar-refractivity contribution in [2.45, 2.75) is 31.3 Å². The molecule has 0 amide bonds. The van der Waals surface area contributed by atoms with Gasteiger partial charge in [0.2, 0.25) is 0 Å². The molecule has 0 bridgehead atoms. The molecule has 0 radical (unpaired) electrons. The summed E-state index contributed by atoms with van der Waals surface area (Å²) in [5.74, 6) is 1.35. The Morgan fingerprint density at radius 3 is 2.83 bits per heavy atom. The fourth-order valence-corrected chi connectivity index (χ4v) is 3.87. The highest BCUT2D eigenvalue weighted by Gasteiger charge is 2.25. The average Bonchev–Trinajstić information content (AvgIpc) is 3.01. The molecule has 3 aromatic rings. The fourth-order valence-electron chi connectivity index (χ4n) is 3.68. The van der Waals surface area contributed by atoms with E-state index in [0.717, 1.165) is 43.0 Å². The molecule has 1 atom stereocenters. The number of fused-ring (bicyclic) bond motifs is 1. The van der Waals surface area contributed by atoms with Gasteiger partial charge in [0.05, 0.1) is 5.88 Å². The number of aromatic nitrogens is 3.